The molecule has 2 nitrogen and oxygen atoms in total. The Balaban J connectivity index is 1.64. The first-order chi connectivity index (χ1) is 10.7. The van der Waals surface area contributed by atoms with Crippen LogP contribution in [0.4, 0.5) is 0 Å². The van der Waals surface area contributed by atoms with Crippen molar-refractivity contribution >= 4 is 11.8 Å². The van der Waals surface area contributed by atoms with Crippen LogP contribution >= 0.6 is 11.8 Å². The topological polar surface area (TPSA) is 16.1 Å². The predicted molar refractivity (Wildman–Crippen MR) is 95.4 cm³/mol. The van der Waals surface area contributed by atoms with Crippen LogP contribution in [0.15, 0.2) is 23.4 Å². The van der Waals surface area contributed by atoms with Gasteiger partial charge in [-0.25, -0.2) is 4.98 Å². The van der Waals surface area contributed by atoms with Gasteiger partial charge in [-0.05, 0) is 57.7 Å². The molecular weight excluding hydrogens is 288 g/mol. The van der Waals surface area contributed by atoms with Crippen LogP contribution in [0.1, 0.15) is 76.8 Å². The first-order valence-corrected chi connectivity index (χ1v) is 10.0. The van der Waals surface area contributed by atoms with E-state index in [1.54, 1.807) is 0 Å². The van der Waals surface area contributed by atoms with E-state index in [0.29, 0.717) is 12.1 Å². The summed E-state index contributed by atoms with van der Waals surface area (Å²) in [6.45, 7) is 5.87. The summed E-state index contributed by atoms with van der Waals surface area (Å²) in [5, 5.41) is 2.02. The van der Waals surface area contributed by atoms with E-state index in [2.05, 4.69) is 37.1 Å². The fourth-order valence-corrected chi connectivity index (χ4v) is 5.11. The van der Waals surface area contributed by atoms with Gasteiger partial charge in [0.25, 0.3) is 0 Å². The molecule has 0 bridgehead atoms. The molecule has 0 amide bonds. The lowest BCUT2D eigenvalue weighted by Gasteiger charge is -2.38. The minimum absolute atomic E-state index is 0.579. The van der Waals surface area contributed by atoms with Crippen LogP contribution < -0.4 is 0 Å². The fraction of sp³-hybridized carbons (Fsp3) is 0.737. The average Bonchev–Trinajstić information content (AvgIpc) is 2.56. The molecule has 2 fully saturated rings. The largest absolute Gasteiger partial charge is 0.294 e. The predicted octanol–water partition coefficient (Wildman–Crippen LogP) is 5.44. The molecule has 1 aromatic heterocycles. The Bertz CT molecular complexity index is 451. The monoisotopic (exact) mass is 318 g/mol. The minimum atomic E-state index is 0.579. The molecule has 22 heavy (non-hydrogen) atoms. The Morgan fingerprint density at radius 2 is 1.82 bits per heavy atom. The first kappa shape index (κ1) is 16.3. The summed E-state index contributed by atoms with van der Waals surface area (Å²) in [6, 6.07) is 5.81. The van der Waals surface area contributed by atoms with E-state index in [4.69, 9.17) is 4.98 Å². The van der Waals surface area contributed by atoms with Crippen molar-refractivity contribution in [2.45, 2.75) is 87.6 Å². The number of hydrogen-bond donors (Lipinski definition) is 0. The molecule has 0 unspecified atom stereocenters. The van der Waals surface area contributed by atoms with Crippen molar-refractivity contribution in [1.29, 1.82) is 0 Å². The molecule has 3 heteroatoms. The Morgan fingerprint density at radius 1 is 1.05 bits per heavy atom. The maximum absolute atomic E-state index is 4.78. The van der Waals surface area contributed by atoms with Gasteiger partial charge in [-0.1, -0.05) is 31.7 Å². The molecule has 0 radical (unpaired) electrons. The first-order valence-electron chi connectivity index (χ1n) is 9.12. The highest BCUT2D eigenvalue weighted by atomic mass is 32.2. The van der Waals surface area contributed by atoms with E-state index in [1.807, 2.05) is 11.8 Å². The standard InChI is InChI=1S/C19H30N2S/c1-15(2)21-13-7-6-10-18(21)16-11-12-19(20-14-16)22-17-8-4-3-5-9-17/h11-12,14-15,17-18H,3-10,13H2,1-2H3/t18-/m0/s1. The van der Waals surface area contributed by atoms with Gasteiger partial charge in [-0.3, -0.25) is 4.90 Å². The number of piperidine rings is 1. The van der Waals surface area contributed by atoms with Crippen molar-refractivity contribution in [2.24, 2.45) is 0 Å². The van der Waals surface area contributed by atoms with E-state index in [-0.39, 0.29) is 0 Å². The third-order valence-corrected chi connectivity index (χ3v) is 6.48. The van der Waals surface area contributed by atoms with E-state index in [1.165, 1.54) is 68.5 Å². The van der Waals surface area contributed by atoms with Crippen LogP contribution in [-0.4, -0.2) is 27.7 Å². The van der Waals surface area contributed by atoms with Crippen molar-refractivity contribution in [3.63, 3.8) is 0 Å². The second-order valence-electron chi connectivity index (χ2n) is 7.15. The van der Waals surface area contributed by atoms with Crippen LogP contribution in [0.25, 0.3) is 0 Å². The molecule has 1 aromatic rings. The summed E-state index contributed by atoms with van der Waals surface area (Å²) in [5.41, 5.74) is 1.42. The Morgan fingerprint density at radius 3 is 2.50 bits per heavy atom. The number of hydrogen-bond acceptors (Lipinski definition) is 3. The number of thioether (sulfide) groups is 1. The van der Waals surface area contributed by atoms with Gasteiger partial charge >= 0.3 is 0 Å². The smallest absolute Gasteiger partial charge is 0.0962 e. The molecule has 0 aromatic carbocycles. The summed E-state index contributed by atoms with van der Waals surface area (Å²) >= 11 is 2.00. The lowest BCUT2D eigenvalue weighted by Crippen LogP contribution is -2.38. The molecule has 1 aliphatic heterocycles. The number of pyridine rings is 1. The fourth-order valence-electron chi connectivity index (χ4n) is 3.94. The quantitative estimate of drug-likeness (QED) is 0.735. The molecule has 1 atom stereocenters. The highest BCUT2D eigenvalue weighted by Crippen LogP contribution is 2.35. The highest BCUT2D eigenvalue weighted by molar-refractivity contribution is 7.99. The molecule has 0 spiro atoms. The lowest BCUT2D eigenvalue weighted by molar-refractivity contribution is 0.112. The molecule has 3 rings (SSSR count). The van der Waals surface area contributed by atoms with Gasteiger partial charge in [0.2, 0.25) is 0 Å². The minimum Gasteiger partial charge on any atom is -0.294 e. The number of nitrogens with zero attached hydrogens (tertiary/aromatic N) is 2. The molecule has 1 aliphatic carbocycles. The Hall–Kier alpha value is -0.540. The highest BCUT2D eigenvalue weighted by Gasteiger charge is 2.26. The van der Waals surface area contributed by atoms with Crippen molar-refractivity contribution < 1.29 is 0 Å². The Labute approximate surface area is 140 Å². The average molecular weight is 319 g/mol. The van der Waals surface area contributed by atoms with Crippen molar-refractivity contribution in [1.82, 2.24) is 9.88 Å². The van der Waals surface area contributed by atoms with Gasteiger partial charge in [0.05, 0.1) is 5.03 Å². The third kappa shape index (κ3) is 4.05. The second kappa shape index (κ2) is 7.83. The maximum atomic E-state index is 4.78. The normalized spacial score (nSPS) is 24.8. The zero-order valence-corrected chi connectivity index (χ0v) is 14.9. The Kier molecular flexibility index (Phi) is 5.81. The molecule has 2 heterocycles. The van der Waals surface area contributed by atoms with Crippen LogP contribution in [0.2, 0.25) is 0 Å². The SMILES string of the molecule is CC(C)N1CCCC[C@H]1c1ccc(SC2CCCCC2)nc1. The van der Waals surface area contributed by atoms with E-state index in [9.17, 15) is 0 Å². The van der Waals surface area contributed by atoms with Gasteiger partial charge in [-0.2, -0.15) is 0 Å². The molecule has 2 aliphatic rings. The maximum Gasteiger partial charge on any atom is 0.0962 e. The molecular formula is C19H30N2S. The molecule has 1 saturated heterocycles. The van der Waals surface area contributed by atoms with Gasteiger partial charge in [0.15, 0.2) is 0 Å². The van der Waals surface area contributed by atoms with Crippen molar-refractivity contribution in [3.05, 3.63) is 23.9 Å². The summed E-state index contributed by atoms with van der Waals surface area (Å²) in [5.74, 6) is 0. The number of rotatable bonds is 4. The van der Waals surface area contributed by atoms with Gasteiger partial charge < -0.3 is 0 Å². The van der Waals surface area contributed by atoms with Crippen LogP contribution in [0, 0.1) is 0 Å². The third-order valence-electron chi connectivity index (χ3n) is 5.19. The number of likely N-dealkylation sites (tertiary alicyclic amines) is 1. The van der Waals surface area contributed by atoms with E-state index in [0.717, 1.165) is 5.25 Å². The zero-order valence-electron chi connectivity index (χ0n) is 14.1. The van der Waals surface area contributed by atoms with Gasteiger partial charge in [0, 0.05) is 23.5 Å². The molecule has 1 saturated carbocycles. The van der Waals surface area contributed by atoms with Gasteiger partial charge in [-0.15, -0.1) is 11.8 Å². The lowest BCUT2D eigenvalue weighted by atomic mass is 9.95. The van der Waals surface area contributed by atoms with Crippen molar-refractivity contribution in [2.75, 3.05) is 6.54 Å². The van der Waals surface area contributed by atoms with Crippen LogP contribution in [0.5, 0.6) is 0 Å². The molecule has 122 valence electrons. The zero-order chi connectivity index (χ0) is 15.4. The van der Waals surface area contributed by atoms with E-state index >= 15 is 0 Å². The second-order valence-corrected chi connectivity index (χ2v) is 8.47. The molecule has 0 N–H and O–H groups in total. The number of aromatic nitrogens is 1. The van der Waals surface area contributed by atoms with Gasteiger partial charge in [0.1, 0.15) is 0 Å². The summed E-state index contributed by atoms with van der Waals surface area (Å²) < 4.78 is 0. The summed E-state index contributed by atoms with van der Waals surface area (Å²) in [7, 11) is 0. The van der Waals surface area contributed by atoms with E-state index < -0.39 is 0 Å². The summed E-state index contributed by atoms with van der Waals surface area (Å²) in [4.78, 5) is 7.43. The summed E-state index contributed by atoms with van der Waals surface area (Å²) in [6.07, 6.45) is 13.1. The van der Waals surface area contributed by atoms with Crippen LogP contribution in [0.3, 0.4) is 0 Å². The van der Waals surface area contributed by atoms with Crippen molar-refractivity contribution in [3.8, 4) is 0 Å². The van der Waals surface area contributed by atoms with Crippen LogP contribution in [-0.2, 0) is 0 Å².